The number of halogens is 1. The van der Waals surface area contributed by atoms with E-state index in [2.05, 4.69) is 27.9 Å². The van der Waals surface area contributed by atoms with Gasteiger partial charge in [0.1, 0.15) is 11.9 Å². The first-order valence-electron chi connectivity index (χ1n) is 15.8. The molecule has 1 atom stereocenters. The number of aromatic nitrogens is 2. The highest BCUT2D eigenvalue weighted by atomic mass is 19.1. The minimum absolute atomic E-state index is 0.196. The van der Waals surface area contributed by atoms with Crippen LogP contribution in [0.1, 0.15) is 59.1 Å². The Morgan fingerprint density at radius 1 is 1.00 bits per heavy atom. The fourth-order valence-electron chi connectivity index (χ4n) is 6.97. The third-order valence-corrected chi connectivity index (χ3v) is 9.25. The van der Waals surface area contributed by atoms with Crippen LogP contribution in [0.3, 0.4) is 0 Å². The molecule has 3 aromatic carbocycles. The third-order valence-electron chi connectivity index (χ3n) is 9.25. The van der Waals surface area contributed by atoms with E-state index in [1.807, 2.05) is 35.2 Å². The second-order valence-corrected chi connectivity index (χ2v) is 12.2. The van der Waals surface area contributed by atoms with Crippen molar-refractivity contribution in [3.63, 3.8) is 0 Å². The number of imide groups is 1. The molecule has 3 aliphatic rings. The normalized spacial score (nSPS) is 18.4. The van der Waals surface area contributed by atoms with Crippen LogP contribution in [0, 0.1) is 17.1 Å². The van der Waals surface area contributed by atoms with Crippen LogP contribution >= 0.6 is 0 Å². The number of carbonyl (C=O) groups excluding carboxylic acids is 3. The lowest BCUT2D eigenvalue weighted by molar-refractivity contribution is -0.134. The van der Waals surface area contributed by atoms with Crippen molar-refractivity contribution in [2.45, 2.75) is 51.7 Å². The van der Waals surface area contributed by atoms with Crippen LogP contribution in [0.25, 0.3) is 10.8 Å². The van der Waals surface area contributed by atoms with Crippen molar-refractivity contribution in [2.24, 2.45) is 0 Å². The largest absolute Gasteiger partial charge is 0.367 e. The Labute approximate surface area is 266 Å². The summed E-state index contributed by atoms with van der Waals surface area (Å²) >= 11 is 0. The number of aryl methyl sites for hydroxylation is 1. The van der Waals surface area contributed by atoms with E-state index < -0.39 is 11.9 Å². The summed E-state index contributed by atoms with van der Waals surface area (Å²) in [6.07, 6.45) is 2.33. The van der Waals surface area contributed by atoms with E-state index in [-0.39, 0.29) is 24.1 Å². The maximum atomic E-state index is 14.7. The Balaban J connectivity index is 1.13. The molecule has 46 heavy (non-hydrogen) atoms. The van der Waals surface area contributed by atoms with Crippen LogP contribution in [0.15, 0.2) is 54.6 Å². The molecule has 1 N–H and O–H groups in total. The molecule has 234 valence electrons. The lowest BCUT2D eigenvalue weighted by Crippen LogP contribution is -2.53. The average Bonchev–Trinajstić information content (AvgIpc) is 3.56. The molecule has 7 rings (SSSR count). The Kier molecular flexibility index (Phi) is 7.74. The SMILES string of the molecule is CCCc1cc(CN2CCN(c3ccc(C#N)cc3F)CC2)n(Cc2ccc3c4c(cccc24)C(=O)N3C2CCC(=O)NC2=O)n1. The van der Waals surface area contributed by atoms with Crippen molar-refractivity contribution in [1.82, 2.24) is 20.0 Å². The smallest absolute Gasteiger partial charge is 0.259 e. The maximum absolute atomic E-state index is 14.7. The second-order valence-electron chi connectivity index (χ2n) is 12.2. The van der Waals surface area contributed by atoms with Gasteiger partial charge in [-0.1, -0.05) is 31.5 Å². The van der Waals surface area contributed by atoms with Gasteiger partial charge in [-0.3, -0.25) is 34.2 Å². The quantitative estimate of drug-likeness (QED) is 0.295. The van der Waals surface area contributed by atoms with Crippen molar-refractivity contribution in [3.8, 4) is 6.07 Å². The van der Waals surface area contributed by atoms with Gasteiger partial charge >= 0.3 is 0 Å². The number of carbonyl (C=O) groups is 3. The van der Waals surface area contributed by atoms with Gasteiger partial charge in [0.05, 0.1) is 40.9 Å². The van der Waals surface area contributed by atoms with Gasteiger partial charge in [0.2, 0.25) is 11.8 Å². The van der Waals surface area contributed by atoms with Crippen LogP contribution in [0.5, 0.6) is 0 Å². The Bertz CT molecular complexity index is 1920. The van der Waals surface area contributed by atoms with Crippen LogP contribution in [-0.4, -0.2) is 64.6 Å². The number of benzene rings is 3. The van der Waals surface area contributed by atoms with Crippen LogP contribution in [0.4, 0.5) is 15.8 Å². The zero-order chi connectivity index (χ0) is 31.9. The number of nitriles is 1. The van der Waals surface area contributed by atoms with Gasteiger partial charge in [-0.2, -0.15) is 10.4 Å². The molecule has 4 aromatic rings. The van der Waals surface area contributed by atoms with E-state index in [0.717, 1.165) is 53.7 Å². The molecular formula is C35H34FN7O3. The minimum atomic E-state index is -0.727. The van der Waals surface area contributed by atoms with E-state index in [1.165, 1.54) is 6.07 Å². The van der Waals surface area contributed by atoms with E-state index >= 15 is 0 Å². The lowest BCUT2D eigenvalue weighted by Gasteiger charge is -2.36. The molecule has 0 bridgehead atoms. The summed E-state index contributed by atoms with van der Waals surface area (Å²) in [7, 11) is 0. The molecule has 0 aliphatic carbocycles. The summed E-state index contributed by atoms with van der Waals surface area (Å²) in [6, 6.07) is 17.7. The van der Waals surface area contributed by atoms with Gasteiger partial charge in [-0.25, -0.2) is 4.39 Å². The number of rotatable bonds is 8. The number of nitrogens with zero attached hydrogens (tertiary/aromatic N) is 6. The molecule has 1 unspecified atom stereocenters. The number of hydrogen-bond donors (Lipinski definition) is 1. The molecule has 0 radical (unpaired) electrons. The first-order chi connectivity index (χ1) is 22.3. The molecule has 10 nitrogen and oxygen atoms in total. The van der Waals surface area contributed by atoms with E-state index in [4.69, 9.17) is 10.4 Å². The number of nitrogens with one attached hydrogen (secondary N) is 1. The van der Waals surface area contributed by atoms with Crippen LogP contribution < -0.4 is 15.1 Å². The molecule has 3 aliphatic heterocycles. The minimum Gasteiger partial charge on any atom is -0.367 e. The van der Waals surface area contributed by atoms with Gasteiger partial charge < -0.3 is 4.90 Å². The molecule has 1 aromatic heterocycles. The number of amides is 3. The van der Waals surface area contributed by atoms with E-state index in [1.54, 1.807) is 23.1 Å². The van der Waals surface area contributed by atoms with Gasteiger partial charge in [0.25, 0.3) is 5.91 Å². The fourth-order valence-corrected chi connectivity index (χ4v) is 6.97. The van der Waals surface area contributed by atoms with Gasteiger partial charge in [0.15, 0.2) is 0 Å². The Morgan fingerprint density at radius 2 is 1.80 bits per heavy atom. The molecular weight excluding hydrogens is 585 g/mol. The van der Waals surface area contributed by atoms with Crippen molar-refractivity contribution < 1.29 is 18.8 Å². The van der Waals surface area contributed by atoms with Crippen molar-refractivity contribution >= 4 is 39.9 Å². The number of hydrogen-bond acceptors (Lipinski definition) is 7. The predicted octanol–water partition coefficient (Wildman–Crippen LogP) is 4.14. The second kappa shape index (κ2) is 12.0. The zero-order valence-electron chi connectivity index (χ0n) is 25.6. The number of piperazine rings is 1. The number of anilines is 2. The van der Waals surface area contributed by atoms with Gasteiger partial charge in [0, 0.05) is 50.1 Å². The highest BCUT2D eigenvalue weighted by Gasteiger charge is 2.41. The lowest BCUT2D eigenvalue weighted by atomic mass is 10.00. The highest BCUT2D eigenvalue weighted by Crippen LogP contribution is 2.41. The topological polar surface area (TPSA) is 115 Å². The van der Waals surface area contributed by atoms with Crippen molar-refractivity contribution in [2.75, 3.05) is 36.0 Å². The molecule has 2 saturated heterocycles. The first kappa shape index (κ1) is 29.6. The molecule has 0 spiro atoms. The molecule has 4 heterocycles. The molecule has 2 fully saturated rings. The fraction of sp³-hybridized carbons (Fsp3) is 0.343. The summed E-state index contributed by atoms with van der Waals surface area (Å²) < 4.78 is 16.7. The van der Waals surface area contributed by atoms with Crippen LogP contribution in [0.2, 0.25) is 0 Å². The van der Waals surface area contributed by atoms with Crippen molar-refractivity contribution in [3.05, 3.63) is 88.5 Å². The Morgan fingerprint density at radius 3 is 2.54 bits per heavy atom. The van der Waals surface area contributed by atoms with Gasteiger partial charge in [-0.05, 0) is 60.2 Å². The summed E-state index contributed by atoms with van der Waals surface area (Å²) in [6.45, 7) is 6.21. The first-order valence-corrected chi connectivity index (χ1v) is 15.8. The summed E-state index contributed by atoms with van der Waals surface area (Å²) in [5.41, 5.74) is 5.23. The standard InChI is InChI=1S/C35H34FN7O3/c1-2-4-24-18-25(21-40-13-15-41(16-14-40)29-9-7-22(19-37)17-28(29)36)42(39-24)20-23-8-10-30-33-26(23)5-3-6-27(33)35(46)43(30)31-11-12-32(44)38-34(31)45/h3,5-10,17-18,31H,2,4,11-16,20-21H2,1H3,(H,38,44,45). The van der Waals surface area contributed by atoms with Crippen LogP contribution in [-0.2, 0) is 29.1 Å². The van der Waals surface area contributed by atoms with Crippen molar-refractivity contribution in [1.29, 1.82) is 5.26 Å². The third kappa shape index (κ3) is 5.28. The van der Waals surface area contributed by atoms with E-state index in [9.17, 15) is 18.8 Å². The monoisotopic (exact) mass is 619 g/mol. The predicted molar refractivity (Wildman–Crippen MR) is 171 cm³/mol. The summed E-state index contributed by atoms with van der Waals surface area (Å²) in [5, 5.41) is 18.2. The molecule has 3 amide bonds. The maximum Gasteiger partial charge on any atom is 0.259 e. The molecule has 0 saturated carbocycles. The summed E-state index contributed by atoms with van der Waals surface area (Å²) in [4.78, 5) is 44.0. The average molecular weight is 620 g/mol. The van der Waals surface area contributed by atoms with Gasteiger partial charge in [-0.15, -0.1) is 0 Å². The Hall–Kier alpha value is -5.08. The van der Waals surface area contributed by atoms with E-state index in [0.29, 0.717) is 55.1 Å². The zero-order valence-corrected chi connectivity index (χ0v) is 25.6. The number of piperidine rings is 1. The highest BCUT2D eigenvalue weighted by molar-refractivity contribution is 6.27. The molecule has 11 heteroatoms. The summed E-state index contributed by atoms with van der Waals surface area (Å²) in [5.74, 6) is -1.35.